The second kappa shape index (κ2) is 12.1. The second-order valence-corrected chi connectivity index (χ2v) is 6.19. The lowest BCUT2D eigenvalue weighted by molar-refractivity contribution is 0.413. The van der Waals surface area contributed by atoms with Gasteiger partial charge in [0, 0.05) is 5.88 Å². The van der Waals surface area contributed by atoms with Crippen molar-refractivity contribution in [1.29, 1.82) is 0 Å². The van der Waals surface area contributed by atoms with Crippen molar-refractivity contribution in [1.82, 2.24) is 0 Å². The molecule has 0 fully saturated rings. The zero-order chi connectivity index (χ0) is 13.7. The van der Waals surface area contributed by atoms with Gasteiger partial charge in [-0.25, -0.2) is 0 Å². The van der Waals surface area contributed by atoms with Crippen LogP contribution in [0.15, 0.2) is 12.7 Å². The van der Waals surface area contributed by atoms with Crippen molar-refractivity contribution >= 4 is 11.6 Å². The van der Waals surface area contributed by atoms with Crippen molar-refractivity contribution in [2.75, 3.05) is 5.88 Å². The highest BCUT2D eigenvalue weighted by Crippen LogP contribution is 2.27. The van der Waals surface area contributed by atoms with Gasteiger partial charge >= 0.3 is 0 Å². The lowest BCUT2D eigenvalue weighted by atomic mass is 9.87. The standard InChI is InChI=1S/C17H33Cl/c1-4-6-7-8-9-10-11-12-13-14-15-17(3,5-2)16-18/h5H,2,4,6-16H2,1,3H3. The van der Waals surface area contributed by atoms with E-state index in [0.717, 1.165) is 0 Å². The first kappa shape index (κ1) is 18.0. The molecule has 1 heteroatoms. The molecule has 0 N–H and O–H groups in total. The van der Waals surface area contributed by atoms with Gasteiger partial charge in [0.2, 0.25) is 0 Å². The molecule has 0 aromatic rings. The van der Waals surface area contributed by atoms with Crippen LogP contribution < -0.4 is 0 Å². The number of unbranched alkanes of at least 4 members (excludes halogenated alkanes) is 9. The van der Waals surface area contributed by atoms with E-state index >= 15 is 0 Å². The summed E-state index contributed by atoms with van der Waals surface area (Å²) in [6.45, 7) is 8.37. The number of alkyl halides is 1. The van der Waals surface area contributed by atoms with Crippen LogP contribution in [0.4, 0.5) is 0 Å². The predicted octanol–water partition coefficient (Wildman–Crippen LogP) is 6.73. The molecule has 0 rings (SSSR count). The molecule has 0 aromatic heterocycles. The van der Waals surface area contributed by atoms with E-state index in [0.29, 0.717) is 5.88 Å². The van der Waals surface area contributed by atoms with Crippen LogP contribution in [0.1, 0.15) is 84.5 Å². The van der Waals surface area contributed by atoms with Crippen molar-refractivity contribution in [3.63, 3.8) is 0 Å². The van der Waals surface area contributed by atoms with Crippen molar-refractivity contribution in [3.8, 4) is 0 Å². The van der Waals surface area contributed by atoms with E-state index in [1.807, 2.05) is 6.08 Å². The van der Waals surface area contributed by atoms with Gasteiger partial charge in [-0.1, -0.05) is 84.1 Å². The molecule has 108 valence electrons. The van der Waals surface area contributed by atoms with Crippen molar-refractivity contribution in [2.45, 2.75) is 84.5 Å². The molecule has 0 aliphatic heterocycles. The first-order chi connectivity index (χ1) is 8.68. The van der Waals surface area contributed by atoms with Gasteiger partial charge in [0.15, 0.2) is 0 Å². The predicted molar refractivity (Wildman–Crippen MR) is 85.5 cm³/mol. The number of rotatable bonds is 13. The summed E-state index contributed by atoms with van der Waals surface area (Å²) in [5.74, 6) is 0.702. The van der Waals surface area contributed by atoms with Gasteiger partial charge in [-0.3, -0.25) is 0 Å². The Hall–Kier alpha value is 0.0300. The fourth-order valence-corrected chi connectivity index (χ4v) is 2.48. The Bertz CT molecular complexity index is 188. The quantitative estimate of drug-likeness (QED) is 0.198. The number of hydrogen-bond acceptors (Lipinski definition) is 0. The molecule has 18 heavy (non-hydrogen) atoms. The largest absolute Gasteiger partial charge is 0.126 e. The third kappa shape index (κ3) is 10.00. The maximum Gasteiger partial charge on any atom is 0.0311 e. The minimum absolute atomic E-state index is 0.154. The summed E-state index contributed by atoms with van der Waals surface area (Å²) in [6.07, 6.45) is 17.2. The summed E-state index contributed by atoms with van der Waals surface area (Å²) >= 11 is 5.96. The minimum atomic E-state index is 0.154. The van der Waals surface area contributed by atoms with Crippen LogP contribution in [0.2, 0.25) is 0 Å². The highest BCUT2D eigenvalue weighted by molar-refractivity contribution is 6.18. The third-order valence-electron chi connectivity index (χ3n) is 3.90. The average Bonchev–Trinajstić information content (AvgIpc) is 2.40. The molecule has 0 aliphatic carbocycles. The van der Waals surface area contributed by atoms with E-state index in [-0.39, 0.29) is 5.41 Å². The average molecular weight is 273 g/mol. The first-order valence-electron chi connectivity index (χ1n) is 7.88. The van der Waals surface area contributed by atoms with E-state index in [9.17, 15) is 0 Å². The smallest absolute Gasteiger partial charge is 0.0311 e. The molecule has 1 atom stereocenters. The van der Waals surface area contributed by atoms with Gasteiger partial charge in [-0.15, -0.1) is 18.2 Å². The molecule has 0 aliphatic rings. The van der Waals surface area contributed by atoms with Crippen molar-refractivity contribution in [2.24, 2.45) is 5.41 Å². The Morgan fingerprint density at radius 2 is 1.33 bits per heavy atom. The van der Waals surface area contributed by atoms with E-state index in [4.69, 9.17) is 11.6 Å². The molecule has 0 heterocycles. The Kier molecular flexibility index (Phi) is 12.1. The summed E-state index contributed by atoms with van der Waals surface area (Å²) in [5.41, 5.74) is 0.154. The first-order valence-corrected chi connectivity index (χ1v) is 8.41. The Balaban J connectivity index is 3.23. The van der Waals surface area contributed by atoms with Gasteiger partial charge in [-0.2, -0.15) is 0 Å². The lowest BCUT2D eigenvalue weighted by Crippen LogP contribution is -2.14. The molecular formula is C17H33Cl. The van der Waals surface area contributed by atoms with Crippen LogP contribution in [-0.4, -0.2) is 5.88 Å². The molecule has 0 nitrogen and oxygen atoms in total. The topological polar surface area (TPSA) is 0 Å². The van der Waals surface area contributed by atoms with E-state index in [1.165, 1.54) is 70.6 Å². The molecule has 0 spiro atoms. The van der Waals surface area contributed by atoms with Crippen LogP contribution in [0.25, 0.3) is 0 Å². The normalized spacial score (nSPS) is 14.4. The van der Waals surface area contributed by atoms with Crippen LogP contribution in [0.3, 0.4) is 0 Å². The Labute approximate surface area is 120 Å². The van der Waals surface area contributed by atoms with E-state index in [2.05, 4.69) is 20.4 Å². The molecule has 0 radical (unpaired) electrons. The van der Waals surface area contributed by atoms with Gasteiger partial charge in [-0.05, 0) is 11.8 Å². The zero-order valence-corrected chi connectivity index (χ0v) is 13.4. The molecule has 0 aromatic carbocycles. The molecule has 0 saturated carbocycles. The fraction of sp³-hybridized carbons (Fsp3) is 0.882. The Morgan fingerprint density at radius 1 is 0.889 bits per heavy atom. The van der Waals surface area contributed by atoms with E-state index in [1.54, 1.807) is 0 Å². The minimum Gasteiger partial charge on any atom is -0.126 e. The molecular weight excluding hydrogens is 240 g/mol. The SMILES string of the molecule is C=CC(C)(CCl)CCCCCCCCCCCC. The molecule has 1 unspecified atom stereocenters. The highest BCUT2D eigenvalue weighted by Gasteiger charge is 2.17. The summed E-state index contributed by atoms with van der Waals surface area (Å²) < 4.78 is 0. The summed E-state index contributed by atoms with van der Waals surface area (Å²) in [7, 11) is 0. The second-order valence-electron chi connectivity index (χ2n) is 5.92. The van der Waals surface area contributed by atoms with Crippen LogP contribution in [0.5, 0.6) is 0 Å². The number of allylic oxidation sites excluding steroid dienone is 1. The maximum atomic E-state index is 5.96. The van der Waals surface area contributed by atoms with Crippen LogP contribution in [0, 0.1) is 5.41 Å². The zero-order valence-electron chi connectivity index (χ0n) is 12.6. The summed E-state index contributed by atoms with van der Waals surface area (Å²) in [4.78, 5) is 0. The lowest BCUT2D eigenvalue weighted by Gasteiger charge is -2.22. The van der Waals surface area contributed by atoms with E-state index < -0.39 is 0 Å². The van der Waals surface area contributed by atoms with Crippen LogP contribution in [-0.2, 0) is 0 Å². The summed E-state index contributed by atoms with van der Waals surface area (Å²) in [6, 6.07) is 0. The summed E-state index contributed by atoms with van der Waals surface area (Å²) in [5, 5.41) is 0. The number of halogens is 1. The monoisotopic (exact) mass is 272 g/mol. The van der Waals surface area contributed by atoms with Gasteiger partial charge in [0.25, 0.3) is 0 Å². The van der Waals surface area contributed by atoms with Gasteiger partial charge < -0.3 is 0 Å². The van der Waals surface area contributed by atoms with Crippen molar-refractivity contribution < 1.29 is 0 Å². The van der Waals surface area contributed by atoms with Gasteiger partial charge in [0.05, 0.1) is 0 Å². The number of hydrogen-bond donors (Lipinski definition) is 0. The van der Waals surface area contributed by atoms with Crippen LogP contribution >= 0.6 is 11.6 Å². The Morgan fingerprint density at radius 3 is 1.72 bits per heavy atom. The molecule has 0 bridgehead atoms. The van der Waals surface area contributed by atoms with Crippen molar-refractivity contribution in [3.05, 3.63) is 12.7 Å². The highest BCUT2D eigenvalue weighted by atomic mass is 35.5. The maximum absolute atomic E-state index is 5.96. The molecule has 0 saturated heterocycles. The molecule has 0 amide bonds. The van der Waals surface area contributed by atoms with Gasteiger partial charge in [0.1, 0.15) is 0 Å². The fourth-order valence-electron chi connectivity index (χ4n) is 2.24. The third-order valence-corrected chi connectivity index (χ3v) is 4.51.